The number of rotatable bonds is 5. The van der Waals surface area contributed by atoms with Crippen LogP contribution >= 0.6 is 0 Å². The Balaban J connectivity index is 0.00000144. The summed E-state index contributed by atoms with van der Waals surface area (Å²) >= 11 is 0. The van der Waals surface area contributed by atoms with Crippen LogP contribution in [0, 0.1) is 5.92 Å². The molecule has 0 spiro atoms. The van der Waals surface area contributed by atoms with Crippen molar-refractivity contribution in [1.29, 1.82) is 0 Å². The molecule has 88 valence electrons. The van der Waals surface area contributed by atoms with Crippen molar-refractivity contribution < 1.29 is 69.1 Å². The minimum Gasteiger partial charge on any atom is -0.494 e. The van der Waals surface area contributed by atoms with Gasteiger partial charge in [-0.2, -0.15) is 0 Å². The smallest absolute Gasteiger partial charge is 0.494 e. The first-order valence-electron chi connectivity index (χ1n) is 5.48. The molecule has 0 saturated heterocycles. The van der Waals surface area contributed by atoms with Gasteiger partial charge in [0.2, 0.25) is 0 Å². The van der Waals surface area contributed by atoms with E-state index in [1.807, 2.05) is 0 Å². The Bertz CT molecular complexity index is 366. The Morgan fingerprint density at radius 2 is 1.94 bits per heavy atom. The normalized spacial score (nSPS) is 15.2. The summed E-state index contributed by atoms with van der Waals surface area (Å²) in [5.74, 6) is 1.05. The summed E-state index contributed by atoms with van der Waals surface area (Å²) in [4.78, 5) is 0. The maximum absolute atomic E-state index is 12.4. The number of halogens is 3. The molecule has 6 heteroatoms. The Morgan fingerprint density at radius 1 is 1.24 bits per heavy atom. The van der Waals surface area contributed by atoms with E-state index in [1.165, 1.54) is 18.9 Å². The van der Waals surface area contributed by atoms with Crippen molar-refractivity contribution in [2.75, 3.05) is 6.61 Å². The van der Waals surface area contributed by atoms with Crippen molar-refractivity contribution in [2.45, 2.75) is 19.3 Å². The summed E-state index contributed by atoms with van der Waals surface area (Å²) in [6.07, 6.45) is 3.41. The fourth-order valence-electron chi connectivity index (χ4n) is 1.56. The van der Waals surface area contributed by atoms with Crippen LogP contribution in [0.4, 0.5) is 12.9 Å². The number of ether oxygens (including phenoxy) is 1. The van der Waals surface area contributed by atoms with Gasteiger partial charge in [0, 0.05) is 0 Å². The van der Waals surface area contributed by atoms with E-state index in [9.17, 15) is 12.9 Å². The topological polar surface area (TPSA) is 9.23 Å². The minimum atomic E-state index is -4.92. The second kappa shape index (κ2) is 6.61. The zero-order chi connectivity index (χ0) is 11.6. The molecule has 0 radical (unpaired) electrons. The largest absolute Gasteiger partial charge is 1.00 e. The van der Waals surface area contributed by atoms with Gasteiger partial charge in [0.1, 0.15) is 5.75 Å². The zero-order valence-electron chi connectivity index (χ0n) is 9.83. The molecule has 1 fully saturated rings. The fraction of sp³-hybridized carbons (Fsp3) is 0.455. The average molecular weight is 268 g/mol. The second-order valence-electron chi connectivity index (χ2n) is 4.23. The van der Waals surface area contributed by atoms with Crippen LogP contribution in [0.5, 0.6) is 5.75 Å². The summed E-state index contributed by atoms with van der Waals surface area (Å²) in [5.41, 5.74) is -0.594. The first-order chi connectivity index (χ1) is 7.55. The molecule has 0 unspecified atom stereocenters. The molecule has 1 aliphatic carbocycles. The van der Waals surface area contributed by atoms with Crippen LogP contribution in [-0.2, 0) is 0 Å². The molecular formula is C11H13BF3KO. The Morgan fingerprint density at radius 3 is 2.53 bits per heavy atom. The van der Waals surface area contributed by atoms with Crippen LogP contribution in [0.3, 0.4) is 0 Å². The summed E-state index contributed by atoms with van der Waals surface area (Å²) in [6, 6.07) is 5.11. The summed E-state index contributed by atoms with van der Waals surface area (Å²) < 4.78 is 42.6. The van der Waals surface area contributed by atoms with Gasteiger partial charge in [-0.3, -0.25) is 0 Å². The van der Waals surface area contributed by atoms with Crippen molar-refractivity contribution in [3.63, 3.8) is 0 Å². The molecule has 0 aromatic heterocycles. The predicted octanol–water partition coefficient (Wildman–Crippen LogP) is -0.0761. The molecule has 0 N–H and O–H groups in total. The standard InChI is InChI=1S/C11H13BF3O.K/c13-12(14,15)10-2-1-3-11(8-10)16-7-6-9-4-5-9;/h1-3,8-9H,4-7H2;/q-1;+1. The maximum Gasteiger partial charge on any atom is 1.00 e. The third-order valence-corrected chi connectivity index (χ3v) is 2.73. The van der Waals surface area contributed by atoms with Crippen LogP contribution in [0.25, 0.3) is 0 Å². The van der Waals surface area contributed by atoms with Crippen LogP contribution in [-0.4, -0.2) is 13.6 Å². The summed E-state index contributed by atoms with van der Waals surface area (Å²) in [6.45, 7) is -4.41. The van der Waals surface area contributed by atoms with Gasteiger partial charge in [0.05, 0.1) is 6.61 Å². The van der Waals surface area contributed by atoms with Gasteiger partial charge in [0.15, 0.2) is 0 Å². The molecule has 1 saturated carbocycles. The van der Waals surface area contributed by atoms with Gasteiger partial charge in [-0.25, -0.2) is 0 Å². The van der Waals surface area contributed by atoms with E-state index in [2.05, 4.69) is 0 Å². The molecule has 17 heavy (non-hydrogen) atoms. The number of hydrogen-bond donors (Lipinski definition) is 0. The molecule has 1 aliphatic rings. The molecule has 0 bridgehead atoms. The van der Waals surface area contributed by atoms with Crippen molar-refractivity contribution in [1.82, 2.24) is 0 Å². The van der Waals surface area contributed by atoms with Gasteiger partial charge in [-0.15, -0.1) is 5.46 Å². The maximum atomic E-state index is 12.4. The van der Waals surface area contributed by atoms with E-state index < -0.39 is 12.4 Å². The number of benzene rings is 1. The predicted molar refractivity (Wildman–Crippen MR) is 58.0 cm³/mol. The molecule has 0 amide bonds. The zero-order valence-corrected chi connectivity index (χ0v) is 13.0. The third-order valence-electron chi connectivity index (χ3n) is 2.73. The molecule has 0 aliphatic heterocycles. The van der Waals surface area contributed by atoms with Gasteiger partial charge in [-0.05, 0) is 24.5 Å². The van der Waals surface area contributed by atoms with E-state index in [-0.39, 0.29) is 51.4 Å². The van der Waals surface area contributed by atoms with E-state index in [1.54, 1.807) is 6.07 Å². The van der Waals surface area contributed by atoms with E-state index >= 15 is 0 Å². The summed E-state index contributed by atoms with van der Waals surface area (Å²) in [7, 11) is 0. The Kier molecular flexibility index (Phi) is 6.06. The van der Waals surface area contributed by atoms with Crippen molar-refractivity contribution >= 4 is 12.4 Å². The van der Waals surface area contributed by atoms with Gasteiger partial charge in [-0.1, -0.05) is 25.0 Å². The minimum absolute atomic E-state index is 0. The van der Waals surface area contributed by atoms with Gasteiger partial charge in [0.25, 0.3) is 0 Å². The first-order valence-corrected chi connectivity index (χ1v) is 5.48. The average Bonchev–Trinajstić information content (AvgIpc) is 3.01. The van der Waals surface area contributed by atoms with Gasteiger partial charge < -0.3 is 17.7 Å². The molecule has 1 aromatic carbocycles. The number of hydrogen-bond acceptors (Lipinski definition) is 1. The van der Waals surface area contributed by atoms with Crippen LogP contribution in [0.1, 0.15) is 19.3 Å². The fourth-order valence-corrected chi connectivity index (χ4v) is 1.56. The molecule has 0 heterocycles. The molecule has 1 aromatic rings. The molecule has 0 atom stereocenters. The van der Waals surface area contributed by atoms with E-state index in [0.29, 0.717) is 12.4 Å². The monoisotopic (exact) mass is 268 g/mol. The third kappa shape index (κ3) is 5.34. The molecular weight excluding hydrogens is 255 g/mol. The van der Waals surface area contributed by atoms with Crippen LogP contribution < -0.4 is 61.6 Å². The van der Waals surface area contributed by atoms with Crippen LogP contribution in [0.2, 0.25) is 0 Å². The van der Waals surface area contributed by atoms with Crippen LogP contribution in [0.15, 0.2) is 24.3 Å². The second-order valence-corrected chi connectivity index (χ2v) is 4.23. The Labute approximate surface area is 142 Å². The Hall–Kier alpha value is 0.511. The van der Waals surface area contributed by atoms with E-state index in [0.717, 1.165) is 24.5 Å². The first kappa shape index (κ1) is 15.6. The van der Waals surface area contributed by atoms with E-state index in [4.69, 9.17) is 4.74 Å². The van der Waals surface area contributed by atoms with Crippen molar-refractivity contribution in [3.05, 3.63) is 24.3 Å². The molecule has 1 nitrogen and oxygen atoms in total. The van der Waals surface area contributed by atoms with Crippen molar-refractivity contribution in [2.24, 2.45) is 5.92 Å². The SMILES string of the molecule is F[B-](F)(F)c1cccc(OCCC2CC2)c1.[K+]. The van der Waals surface area contributed by atoms with Gasteiger partial charge >= 0.3 is 58.4 Å². The van der Waals surface area contributed by atoms with Crippen molar-refractivity contribution in [3.8, 4) is 5.75 Å². The summed E-state index contributed by atoms with van der Waals surface area (Å²) in [5, 5.41) is 0. The molecule has 2 rings (SSSR count). The quantitative estimate of drug-likeness (QED) is 0.679.